The lowest BCUT2D eigenvalue weighted by molar-refractivity contribution is 0.322. The average molecular weight is 256 g/mol. The van der Waals surface area contributed by atoms with Gasteiger partial charge in [0.1, 0.15) is 0 Å². The normalized spacial score (nSPS) is 10.8. The van der Waals surface area contributed by atoms with Crippen LogP contribution >= 0.6 is 23.1 Å². The van der Waals surface area contributed by atoms with Gasteiger partial charge in [0.25, 0.3) is 0 Å². The molecular weight excluding hydrogens is 244 g/mol. The summed E-state index contributed by atoms with van der Waals surface area (Å²) in [6.45, 7) is 0.920. The van der Waals surface area contributed by atoms with Crippen molar-refractivity contribution in [2.45, 2.75) is 18.1 Å². The maximum Gasteiger partial charge on any atom is 0.209 e. The van der Waals surface area contributed by atoms with E-state index in [0.717, 1.165) is 18.1 Å². The lowest BCUT2D eigenvalue weighted by atomic mass is 10.3. The van der Waals surface area contributed by atoms with Crippen LogP contribution in [-0.4, -0.2) is 37.7 Å². The first-order valence-electron chi connectivity index (χ1n) is 4.92. The Morgan fingerprint density at radius 2 is 2.44 bits per heavy atom. The Bertz CT molecular complexity index is 415. The predicted octanol–water partition coefficient (Wildman–Crippen LogP) is 1.06. The Balaban J connectivity index is 1.91. The lowest BCUT2D eigenvalue weighted by Gasteiger charge is -2.01. The molecule has 0 radical (unpaired) electrons. The van der Waals surface area contributed by atoms with Gasteiger partial charge in [0.05, 0.1) is 13.2 Å². The van der Waals surface area contributed by atoms with Crippen LogP contribution < -0.4 is 0 Å². The van der Waals surface area contributed by atoms with Gasteiger partial charge in [0.2, 0.25) is 5.16 Å². The van der Waals surface area contributed by atoms with Crippen LogP contribution in [0.5, 0.6) is 0 Å². The first-order chi connectivity index (χ1) is 7.90. The molecule has 2 aromatic rings. The van der Waals surface area contributed by atoms with E-state index >= 15 is 0 Å². The van der Waals surface area contributed by atoms with Crippen LogP contribution in [0.2, 0.25) is 0 Å². The van der Waals surface area contributed by atoms with Gasteiger partial charge in [0, 0.05) is 17.1 Å². The topological polar surface area (TPSA) is 63.8 Å². The first-order valence-corrected chi connectivity index (χ1v) is 6.79. The highest BCUT2D eigenvalue weighted by Crippen LogP contribution is 2.14. The van der Waals surface area contributed by atoms with Crippen molar-refractivity contribution in [2.75, 3.05) is 12.4 Å². The summed E-state index contributed by atoms with van der Waals surface area (Å²) in [5.41, 5.74) is 0. The lowest BCUT2D eigenvalue weighted by Crippen LogP contribution is -2.05. The molecule has 2 heterocycles. The number of hydrogen-bond donors (Lipinski definition) is 1. The zero-order chi connectivity index (χ0) is 11.2. The summed E-state index contributed by atoms with van der Waals surface area (Å²) < 4.78 is 1.78. The zero-order valence-corrected chi connectivity index (χ0v) is 10.2. The second-order valence-electron chi connectivity index (χ2n) is 3.09. The average Bonchev–Trinajstić information content (AvgIpc) is 2.94. The molecule has 0 saturated heterocycles. The molecule has 2 aromatic heterocycles. The van der Waals surface area contributed by atoms with Gasteiger partial charge in [-0.15, -0.1) is 16.4 Å². The van der Waals surface area contributed by atoms with E-state index in [1.54, 1.807) is 16.0 Å². The molecule has 1 N–H and O–H groups in total. The van der Waals surface area contributed by atoms with Crippen LogP contribution in [0.3, 0.4) is 0 Å². The molecule has 0 bridgehead atoms. The van der Waals surface area contributed by atoms with Crippen LogP contribution in [0.15, 0.2) is 22.7 Å². The van der Waals surface area contributed by atoms with Crippen LogP contribution in [0.25, 0.3) is 0 Å². The van der Waals surface area contributed by atoms with Crippen molar-refractivity contribution >= 4 is 23.1 Å². The van der Waals surface area contributed by atoms with Gasteiger partial charge < -0.3 is 5.11 Å². The molecule has 0 aromatic carbocycles. The molecule has 0 atom stereocenters. The number of aromatic nitrogens is 4. The van der Waals surface area contributed by atoms with E-state index in [9.17, 15) is 0 Å². The number of thiophene rings is 1. The minimum absolute atomic E-state index is 0.141. The van der Waals surface area contributed by atoms with E-state index in [1.165, 1.54) is 16.6 Å². The minimum Gasteiger partial charge on any atom is -0.396 e. The number of aliphatic hydroxyl groups excluding tert-OH is 1. The van der Waals surface area contributed by atoms with Gasteiger partial charge in [-0.1, -0.05) is 17.8 Å². The number of nitrogens with zero attached hydrogens (tertiary/aromatic N) is 4. The second-order valence-corrected chi connectivity index (χ2v) is 5.18. The Labute approximate surface area is 101 Å². The van der Waals surface area contributed by atoms with E-state index in [-0.39, 0.29) is 6.61 Å². The van der Waals surface area contributed by atoms with Crippen molar-refractivity contribution < 1.29 is 5.11 Å². The number of aliphatic hydroxyl groups is 1. The van der Waals surface area contributed by atoms with Crippen molar-refractivity contribution in [2.24, 2.45) is 0 Å². The van der Waals surface area contributed by atoms with Gasteiger partial charge in [-0.3, -0.25) is 0 Å². The molecular formula is C9H12N4OS2. The van der Waals surface area contributed by atoms with Crippen LogP contribution in [-0.2, 0) is 13.0 Å². The van der Waals surface area contributed by atoms with Crippen LogP contribution in [0.4, 0.5) is 0 Å². The minimum atomic E-state index is 0.141. The molecule has 0 amide bonds. The number of aryl methyl sites for hydroxylation is 2. The molecule has 0 spiro atoms. The van der Waals surface area contributed by atoms with Crippen LogP contribution in [0, 0.1) is 0 Å². The Hall–Kier alpha value is -0.920. The summed E-state index contributed by atoms with van der Waals surface area (Å²) in [6, 6.07) is 4.15. The molecule has 2 rings (SSSR count). The van der Waals surface area contributed by atoms with E-state index in [4.69, 9.17) is 5.11 Å². The molecule has 0 aliphatic heterocycles. The van der Waals surface area contributed by atoms with Crippen molar-refractivity contribution in [3.63, 3.8) is 0 Å². The van der Waals surface area contributed by atoms with Gasteiger partial charge in [-0.25, -0.2) is 4.68 Å². The van der Waals surface area contributed by atoms with E-state index < -0.39 is 0 Å². The number of tetrazole rings is 1. The van der Waals surface area contributed by atoms with Crippen molar-refractivity contribution in [1.82, 2.24) is 20.2 Å². The number of hydrogen-bond acceptors (Lipinski definition) is 6. The van der Waals surface area contributed by atoms with Crippen LogP contribution in [0.1, 0.15) is 4.88 Å². The highest BCUT2D eigenvalue weighted by atomic mass is 32.2. The quantitative estimate of drug-likeness (QED) is 0.783. The smallest absolute Gasteiger partial charge is 0.209 e. The fraction of sp³-hybridized carbons (Fsp3) is 0.444. The van der Waals surface area contributed by atoms with E-state index in [2.05, 4.69) is 27.0 Å². The molecule has 86 valence electrons. The zero-order valence-electron chi connectivity index (χ0n) is 8.61. The molecule has 7 heteroatoms. The fourth-order valence-corrected chi connectivity index (χ4v) is 2.59. The maximum absolute atomic E-state index is 8.74. The third-order valence-electron chi connectivity index (χ3n) is 1.97. The highest BCUT2D eigenvalue weighted by Gasteiger charge is 2.06. The fourth-order valence-electron chi connectivity index (χ4n) is 1.25. The van der Waals surface area contributed by atoms with Gasteiger partial charge in [-0.05, 0) is 21.9 Å². The van der Waals surface area contributed by atoms with Crippen molar-refractivity contribution in [3.8, 4) is 0 Å². The summed E-state index contributed by atoms with van der Waals surface area (Å²) in [5, 5.41) is 23.0. The third kappa shape index (κ3) is 3.03. The molecule has 5 nitrogen and oxygen atoms in total. The molecule has 0 aliphatic rings. The molecule has 0 aliphatic carbocycles. The van der Waals surface area contributed by atoms with Crippen molar-refractivity contribution in [1.29, 1.82) is 0 Å². The first kappa shape index (κ1) is 11.6. The Morgan fingerprint density at radius 3 is 3.19 bits per heavy atom. The largest absolute Gasteiger partial charge is 0.396 e. The van der Waals surface area contributed by atoms with Gasteiger partial charge >= 0.3 is 0 Å². The molecule has 0 unspecified atom stereocenters. The maximum atomic E-state index is 8.74. The standard InChI is InChI=1S/C9H12N4OS2/c14-5-7-16-9-10-11-12-13(9)4-3-8-2-1-6-15-8/h1-2,6,14H,3-5,7H2. The van der Waals surface area contributed by atoms with Gasteiger partial charge in [-0.2, -0.15) is 0 Å². The second kappa shape index (κ2) is 5.97. The van der Waals surface area contributed by atoms with E-state index in [1.807, 2.05) is 6.07 Å². The summed E-state index contributed by atoms with van der Waals surface area (Å²) >= 11 is 3.21. The third-order valence-corrected chi connectivity index (χ3v) is 3.85. The number of rotatable bonds is 6. The molecule has 16 heavy (non-hydrogen) atoms. The Kier molecular flexibility index (Phi) is 4.32. The summed E-state index contributed by atoms with van der Waals surface area (Å²) in [4.78, 5) is 1.33. The SMILES string of the molecule is OCCSc1nnnn1CCc1cccs1. The summed E-state index contributed by atoms with van der Waals surface area (Å²) in [6.07, 6.45) is 0.940. The highest BCUT2D eigenvalue weighted by molar-refractivity contribution is 7.99. The van der Waals surface area contributed by atoms with E-state index in [0.29, 0.717) is 5.75 Å². The Morgan fingerprint density at radius 1 is 1.50 bits per heavy atom. The summed E-state index contributed by atoms with van der Waals surface area (Å²) in [5.74, 6) is 0.624. The number of thioether (sulfide) groups is 1. The molecule has 0 saturated carbocycles. The monoisotopic (exact) mass is 256 g/mol. The van der Waals surface area contributed by atoms with Gasteiger partial charge in [0.15, 0.2) is 0 Å². The summed E-state index contributed by atoms with van der Waals surface area (Å²) in [7, 11) is 0. The molecule has 0 fully saturated rings. The van der Waals surface area contributed by atoms with Crippen molar-refractivity contribution in [3.05, 3.63) is 22.4 Å². The predicted molar refractivity (Wildman–Crippen MR) is 63.6 cm³/mol.